The summed E-state index contributed by atoms with van der Waals surface area (Å²) >= 11 is 0. The second-order valence-electron chi connectivity index (χ2n) is 9.50. The van der Waals surface area contributed by atoms with Crippen molar-refractivity contribution in [2.75, 3.05) is 5.73 Å². The number of nitrogens with two attached hydrogens (primary N) is 1. The van der Waals surface area contributed by atoms with Crippen LogP contribution in [0.25, 0.3) is 11.1 Å². The van der Waals surface area contributed by atoms with Crippen molar-refractivity contribution in [3.05, 3.63) is 117 Å². The van der Waals surface area contributed by atoms with E-state index in [4.69, 9.17) is 10.5 Å². The highest BCUT2D eigenvalue weighted by molar-refractivity contribution is 5.94. The van der Waals surface area contributed by atoms with Crippen LogP contribution in [0, 0.1) is 31.0 Å². The van der Waals surface area contributed by atoms with E-state index in [0.29, 0.717) is 29.1 Å². The van der Waals surface area contributed by atoms with Crippen LogP contribution in [0.5, 0.6) is 0 Å². The molecular weight excluding hydrogens is 467 g/mol. The first-order chi connectivity index (χ1) is 17.8. The maximum atomic E-state index is 13.6. The highest BCUT2D eigenvalue weighted by Crippen LogP contribution is 2.54. The van der Waals surface area contributed by atoms with E-state index < -0.39 is 5.82 Å². The molecule has 7 heteroatoms. The largest absolute Gasteiger partial charge is 0.384 e. The first kappa shape index (κ1) is 22.9. The number of nitrogens with zero attached hydrogens (tertiary/aromatic N) is 2. The third-order valence-corrected chi connectivity index (χ3v) is 7.25. The van der Waals surface area contributed by atoms with Gasteiger partial charge in [0.1, 0.15) is 23.8 Å². The van der Waals surface area contributed by atoms with Gasteiger partial charge in [-0.25, -0.2) is 9.37 Å². The lowest BCUT2D eigenvalue weighted by Crippen LogP contribution is -2.24. The van der Waals surface area contributed by atoms with E-state index in [2.05, 4.69) is 16.4 Å². The molecule has 6 rings (SSSR count). The number of anilines is 1. The lowest BCUT2D eigenvalue weighted by Gasteiger charge is -2.18. The van der Waals surface area contributed by atoms with Crippen molar-refractivity contribution in [2.45, 2.75) is 32.6 Å². The Balaban J connectivity index is 1.26. The molecule has 0 aliphatic carbocycles. The number of nitrogen functional groups attached to an aromatic ring is 1. The molecule has 2 aliphatic rings. The molecule has 0 radical (unpaired) electrons. The normalized spacial score (nSPS) is 16.7. The number of carbonyl (C=O) groups is 1. The van der Waals surface area contributed by atoms with Crippen molar-refractivity contribution in [3.63, 3.8) is 0 Å². The van der Waals surface area contributed by atoms with Crippen LogP contribution < -0.4 is 11.1 Å². The average Bonchev–Trinajstić information content (AvgIpc) is 3.44. The molecule has 3 N–H and O–H groups in total. The number of aromatic nitrogens is 1. The summed E-state index contributed by atoms with van der Waals surface area (Å²) < 4.78 is 19.9. The van der Waals surface area contributed by atoms with Crippen LogP contribution in [0.3, 0.4) is 0 Å². The van der Waals surface area contributed by atoms with Gasteiger partial charge in [-0.3, -0.25) is 4.79 Å². The second-order valence-corrected chi connectivity index (χ2v) is 9.50. The van der Waals surface area contributed by atoms with Gasteiger partial charge in [0.25, 0.3) is 5.91 Å². The molecule has 2 atom stereocenters. The van der Waals surface area contributed by atoms with Gasteiger partial charge >= 0.3 is 0 Å². The number of hydrogen-bond acceptors (Lipinski definition) is 5. The molecule has 3 heterocycles. The Morgan fingerprint density at radius 3 is 2.49 bits per heavy atom. The summed E-state index contributed by atoms with van der Waals surface area (Å²) in [5.74, 6) is -0.139. The molecule has 0 spiro atoms. The van der Waals surface area contributed by atoms with Crippen LogP contribution in [0.4, 0.5) is 10.2 Å². The van der Waals surface area contributed by atoms with Gasteiger partial charge in [-0.15, -0.1) is 0 Å². The number of aryl methyl sites for hydroxylation is 2. The zero-order valence-electron chi connectivity index (χ0n) is 20.3. The quantitative estimate of drug-likeness (QED) is 0.398. The van der Waals surface area contributed by atoms with E-state index in [1.54, 1.807) is 12.1 Å². The van der Waals surface area contributed by atoms with Gasteiger partial charge < -0.3 is 15.8 Å². The van der Waals surface area contributed by atoms with Crippen LogP contribution in [-0.2, 0) is 11.3 Å². The molecule has 1 aromatic heterocycles. The summed E-state index contributed by atoms with van der Waals surface area (Å²) in [7, 11) is 0. The molecule has 37 heavy (non-hydrogen) atoms. The van der Waals surface area contributed by atoms with E-state index in [9.17, 15) is 14.4 Å². The first-order valence-electron chi connectivity index (χ1n) is 12.0. The molecule has 2 aliphatic heterocycles. The van der Waals surface area contributed by atoms with Crippen LogP contribution in [-0.4, -0.2) is 10.9 Å². The molecule has 4 aromatic rings. The maximum absolute atomic E-state index is 13.6. The van der Waals surface area contributed by atoms with Crippen molar-refractivity contribution >= 4 is 11.7 Å². The fraction of sp³-hybridized carbons (Fsp3) is 0.167. The average molecular weight is 491 g/mol. The van der Waals surface area contributed by atoms with Gasteiger partial charge in [0.2, 0.25) is 0 Å². The minimum Gasteiger partial charge on any atom is -0.384 e. The van der Waals surface area contributed by atoms with Crippen LogP contribution in [0.2, 0.25) is 0 Å². The Morgan fingerprint density at radius 1 is 1.03 bits per heavy atom. The first-order valence-corrected chi connectivity index (χ1v) is 12.0. The number of amides is 1. The fourth-order valence-electron chi connectivity index (χ4n) is 5.44. The van der Waals surface area contributed by atoms with Crippen molar-refractivity contribution in [1.82, 2.24) is 10.3 Å². The second kappa shape index (κ2) is 8.54. The number of hydrogen-bond donors (Lipinski definition) is 2. The van der Waals surface area contributed by atoms with Crippen molar-refractivity contribution in [2.24, 2.45) is 0 Å². The number of fused-ring (bicyclic) bond motifs is 8. The van der Waals surface area contributed by atoms with E-state index in [1.807, 2.05) is 50.2 Å². The van der Waals surface area contributed by atoms with E-state index in [-0.39, 0.29) is 18.1 Å². The zero-order valence-corrected chi connectivity index (χ0v) is 20.3. The van der Waals surface area contributed by atoms with E-state index in [0.717, 1.165) is 44.6 Å². The van der Waals surface area contributed by atoms with Gasteiger partial charge in [-0.05, 0) is 94.8 Å². The minimum atomic E-state index is -0.437. The predicted molar refractivity (Wildman–Crippen MR) is 137 cm³/mol. The lowest BCUT2D eigenvalue weighted by molar-refractivity contribution is 0.0857. The monoisotopic (exact) mass is 490 g/mol. The standard InChI is InChI=1S/C30H23FN4O2/c1-15-9-27(33)35-16(2)26(15)14-34-30(36)18-4-7-23-25(12-18)29-22-6-3-17(11-24(22)28(23)37-29)21-8-5-20(31)10-19(21)13-32/h3-12,28-29H,14H2,1-2H3,(H2,33,35)(H,34,36). The highest BCUT2D eigenvalue weighted by Gasteiger charge is 2.43. The number of nitrogens with one attached hydrogen (secondary N) is 1. The zero-order chi connectivity index (χ0) is 25.8. The molecule has 6 nitrogen and oxygen atoms in total. The van der Waals surface area contributed by atoms with Gasteiger partial charge in [0, 0.05) is 17.8 Å². The molecule has 1 amide bonds. The number of halogens is 1. The van der Waals surface area contributed by atoms with Crippen LogP contribution in [0.1, 0.15) is 67.2 Å². The summed E-state index contributed by atoms with van der Waals surface area (Å²) in [4.78, 5) is 17.3. The molecule has 0 fully saturated rings. The third kappa shape index (κ3) is 3.74. The number of rotatable bonds is 4. The Bertz CT molecular complexity index is 1630. The van der Waals surface area contributed by atoms with Crippen LogP contribution in [0.15, 0.2) is 60.7 Å². The molecular formula is C30H23FN4O2. The van der Waals surface area contributed by atoms with Crippen molar-refractivity contribution < 1.29 is 13.9 Å². The SMILES string of the molecule is Cc1cc(N)nc(C)c1CNC(=O)c1ccc2c(c1)C1OC2c2cc(-c3ccc(F)cc3C#N)ccc21. The third-order valence-electron chi connectivity index (χ3n) is 7.25. The molecule has 2 unspecified atom stereocenters. The highest BCUT2D eigenvalue weighted by atomic mass is 19.1. The Labute approximate surface area is 213 Å². The number of ether oxygens (including phenoxy) is 1. The molecule has 0 saturated carbocycles. The predicted octanol–water partition coefficient (Wildman–Crippen LogP) is 5.41. The molecule has 0 saturated heterocycles. The van der Waals surface area contributed by atoms with Gasteiger partial charge in [0.05, 0.1) is 11.6 Å². The summed E-state index contributed by atoms with van der Waals surface area (Å²) in [5.41, 5.74) is 15.0. The van der Waals surface area contributed by atoms with E-state index >= 15 is 0 Å². The van der Waals surface area contributed by atoms with Crippen molar-refractivity contribution in [3.8, 4) is 17.2 Å². The smallest absolute Gasteiger partial charge is 0.251 e. The Kier molecular flexibility index (Phi) is 5.28. The number of nitriles is 1. The number of pyridine rings is 1. The summed E-state index contributed by atoms with van der Waals surface area (Å²) in [5, 5.41) is 12.5. The molecule has 3 aromatic carbocycles. The lowest BCUT2D eigenvalue weighted by atomic mass is 9.83. The van der Waals surface area contributed by atoms with Gasteiger partial charge in [-0.1, -0.05) is 24.3 Å². The minimum absolute atomic E-state index is 0.169. The number of carbonyl (C=O) groups excluding carboxylic acids is 1. The molecule has 2 bridgehead atoms. The fourth-order valence-corrected chi connectivity index (χ4v) is 5.44. The number of benzene rings is 3. The molecule has 182 valence electrons. The van der Waals surface area contributed by atoms with Gasteiger partial charge in [-0.2, -0.15) is 5.26 Å². The summed E-state index contributed by atoms with van der Waals surface area (Å²) in [6, 6.07) is 19.7. The van der Waals surface area contributed by atoms with Crippen LogP contribution >= 0.6 is 0 Å². The summed E-state index contributed by atoms with van der Waals surface area (Å²) in [6.45, 7) is 4.20. The van der Waals surface area contributed by atoms with Gasteiger partial charge in [0.15, 0.2) is 0 Å². The van der Waals surface area contributed by atoms with E-state index in [1.165, 1.54) is 12.1 Å². The van der Waals surface area contributed by atoms with Crippen molar-refractivity contribution in [1.29, 1.82) is 5.26 Å². The Hall–Kier alpha value is -4.54. The Morgan fingerprint density at radius 2 is 1.76 bits per heavy atom. The topological polar surface area (TPSA) is 101 Å². The summed E-state index contributed by atoms with van der Waals surface area (Å²) in [6.07, 6.45) is -0.504. The maximum Gasteiger partial charge on any atom is 0.251 e.